The van der Waals surface area contributed by atoms with E-state index in [4.69, 9.17) is 9.47 Å². The summed E-state index contributed by atoms with van der Waals surface area (Å²) in [6.45, 7) is -0.337. The molecule has 0 bridgehead atoms. The molecule has 1 aromatic heterocycles. The quantitative estimate of drug-likeness (QED) is 0.681. The van der Waals surface area contributed by atoms with Gasteiger partial charge in [-0.2, -0.15) is 8.78 Å². The number of benzene rings is 1. The molecule has 2 aromatic rings. The Morgan fingerprint density at radius 1 is 1.33 bits per heavy atom. The SMILES string of the molecule is COCCC1Cc2cnc(CS(=O)c3ccc(OC(F)F)cc3)c(C)c2O1. The molecule has 0 aliphatic carbocycles. The van der Waals surface area contributed by atoms with Crippen molar-refractivity contribution in [2.24, 2.45) is 0 Å². The standard InChI is InChI=1S/C19H21F2NO4S/c1-12-17(22-10-13-9-15(7-8-24-2)25-18(12)13)11-27(23)16-5-3-14(4-6-16)26-19(20)21/h3-6,10,15,19H,7-9,11H2,1-2H3. The zero-order chi connectivity index (χ0) is 19.4. The minimum Gasteiger partial charge on any atom is -0.489 e. The van der Waals surface area contributed by atoms with Crippen molar-refractivity contribution in [3.63, 3.8) is 0 Å². The van der Waals surface area contributed by atoms with Gasteiger partial charge in [0.2, 0.25) is 0 Å². The highest BCUT2D eigenvalue weighted by atomic mass is 32.2. The van der Waals surface area contributed by atoms with Crippen molar-refractivity contribution < 1.29 is 27.2 Å². The highest BCUT2D eigenvalue weighted by Gasteiger charge is 2.26. The van der Waals surface area contributed by atoms with E-state index in [0.717, 1.165) is 29.7 Å². The Morgan fingerprint density at radius 2 is 2.07 bits per heavy atom. The van der Waals surface area contributed by atoms with Crippen LogP contribution in [0.2, 0.25) is 0 Å². The summed E-state index contributed by atoms with van der Waals surface area (Å²) < 4.78 is 52.5. The molecule has 5 nitrogen and oxygen atoms in total. The molecule has 1 aliphatic rings. The number of pyridine rings is 1. The largest absolute Gasteiger partial charge is 0.489 e. The van der Waals surface area contributed by atoms with Gasteiger partial charge >= 0.3 is 6.61 Å². The topological polar surface area (TPSA) is 57.7 Å². The van der Waals surface area contributed by atoms with Crippen LogP contribution in [-0.4, -0.2) is 35.6 Å². The molecule has 1 aliphatic heterocycles. The lowest BCUT2D eigenvalue weighted by Crippen LogP contribution is -2.15. The molecule has 2 heterocycles. The van der Waals surface area contributed by atoms with E-state index < -0.39 is 17.4 Å². The van der Waals surface area contributed by atoms with Crippen molar-refractivity contribution in [3.8, 4) is 11.5 Å². The number of ether oxygens (including phenoxy) is 3. The van der Waals surface area contributed by atoms with Crippen LogP contribution >= 0.6 is 0 Å². The zero-order valence-corrected chi connectivity index (χ0v) is 15.9. The molecule has 2 atom stereocenters. The molecule has 0 N–H and O–H groups in total. The molecule has 0 amide bonds. The monoisotopic (exact) mass is 397 g/mol. The van der Waals surface area contributed by atoms with Gasteiger partial charge < -0.3 is 14.2 Å². The second kappa shape index (κ2) is 8.75. The maximum atomic E-state index is 12.6. The fraction of sp³-hybridized carbons (Fsp3) is 0.421. The van der Waals surface area contributed by atoms with Gasteiger partial charge in [-0.25, -0.2) is 0 Å². The molecule has 1 aromatic carbocycles. The number of nitrogens with zero attached hydrogens (tertiary/aromatic N) is 1. The number of hydrogen-bond acceptors (Lipinski definition) is 5. The molecule has 0 spiro atoms. The Bertz CT molecular complexity index is 814. The fourth-order valence-corrected chi connectivity index (χ4v) is 4.13. The molecular weight excluding hydrogens is 376 g/mol. The van der Waals surface area contributed by atoms with Gasteiger partial charge in [0.25, 0.3) is 0 Å². The molecule has 8 heteroatoms. The summed E-state index contributed by atoms with van der Waals surface area (Å²) in [5.74, 6) is 1.08. The minimum absolute atomic E-state index is 0.0353. The van der Waals surface area contributed by atoms with Gasteiger partial charge in [-0.05, 0) is 31.2 Å². The highest BCUT2D eigenvalue weighted by molar-refractivity contribution is 7.84. The maximum absolute atomic E-state index is 12.6. The van der Waals surface area contributed by atoms with Gasteiger partial charge in [-0.15, -0.1) is 0 Å². The molecule has 2 unspecified atom stereocenters. The number of alkyl halides is 2. The Balaban J connectivity index is 1.69. The van der Waals surface area contributed by atoms with E-state index >= 15 is 0 Å². The van der Waals surface area contributed by atoms with E-state index in [9.17, 15) is 13.0 Å². The van der Waals surface area contributed by atoms with Crippen LogP contribution in [0.15, 0.2) is 35.4 Å². The first-order valence-corrected chi connectivity index (χ1v) is 9.86. The summed E-state index contributed by atoms with van der Waals surface area (Å²) in [4.78, 5) is 4.98. The second-order valence-corrected chi connectivity index (χ2v) is 7.70. The van der Waals surface area contributed by atoms with Crippen LogP contribution in [0.5, 0.6) is 11.5 Å². The first kappa shape index (κ1) is 19.7. The molecule has 3 rings (SSSR count). The average Bonchev–Trinajstić information content (AvgIpc) is 3.06. The van der Waals surface area contributed by atoms with E-state index in [1.165, 1.54) is 24.3 Å². The predicted molar refractivity (Wildman–Crippen MR) is 96.8 cm³/mol. The number of methoxy groups -OCH3 is 1. The van der Waals surface area contributed by atoms with Crippen LogP contribution in [-0.2, 0) is 27.7 Å². The van der Waals surface area contributed by atoms with Gasteiger partial charge in [0.05, 0.1) is 22.2 Å². The minimum atomic E-state index is -2.88. The molecule has 0 saturated heterocycles. The van der Waals surface area contributed by atoms with Crippen LogP contribution in [0.1, 0.15) is 23.2 Å². The lowest BCUT2D eigenvalue weighted by molar-refractivity contribution is -0.0498. The van der Waals surface area contributed by atoms with Crippen molar-refractivity contribution >= 4 is 10.8 Å². The van der Waals surface area contributed by atoms with Crippen LogP contribution in [0.4, 0.5) is 8.78 Å². The van der Waals surface area contributed by atoms with Gasteiger partial charge in [0.1, 0.15) is 17.6 Å². The van der Waals surface area contributed by atoms with E-state index in [1.807, 2.05) is 6.92 Å². The van der Waals surface area contributed by atoms with Crippen LogP contribution in [0, 0.1) is 6.92 Å². The van der Waals surface area contributed by atoms with Crippen molar-refractivity contribution in [2.75, 3.05) is 13.7 Å². The number of rotatable bonds is 8. The third-order valence-corrected chi connectivity index (χ3v) is 5.73. The Labute approximate surface area is 159 Å². The maximum Gasteiger partial charge on any atom is 0.387 e. The first-order chi connectivity index (χ1) is 13.0. The Kier molecular flexibility index (Phi) is 6.38. The second-order valence-electron chi connectivity index (χ2n) is 6.25. The van der Waals surface area contributed by atoms with Crippen LogP contribution in [0.3, 0.4) is 0 Å². The number of fused-ring (bicyclic) bond motifs is 1. The van der Waals surface area contributed by atoms with E-state index in [1.54, 1.807) is 13.3 Å². The summed E-state index contributed by atoms with van der Waals surface area (Å²) in [5, 5.41) is 0. The summed E-state index contributed by atoms with van der Waals surface area (Å²) in [7, 11) is 0.304. The van der Waals surface area contributed by atoms with Crippen molar-refractivity contribution in [3.05, 3.63) is 47.3 Å². The molecule has 0 fully saturated rings. The third kappa shape index (κ3) is 4.81. The zero-order valence-electron chi connectivity index (χ0n) is 15.1. The molecule has 0 saturated carbocycles. The van der Waals surface area contributed by atoms with Gasteiger partial charge in [-0.3, -0.25) is 9.19 Å². The first-order valence-electron chi connectivity index (χ1n) is 8.54. The van der Waals surface area contributed by atoms with Crippen LogP contribution < -0.4 is 9.47 Å². The highest BCUT2D eigenvalue weighted by Crippen LogP contribution is 2.34. The fourth-order valence-electron chi connectivity index (χ4n) is 2.98. The summed E-state index contributed by atoms with van der Waals surface area (Å²) in [6.07, 6.45) is 3.45. The van der Waals surface area contributed by atoms with Crippen molar-refractivity contribution in [2.45, 2.75) is 43.1 Å². The molecular formula is C19H21F2NO4S. The number of halogens is 2. The van der Waals surface area contributed by atoms with E-state index in [2.05, 4.69) is 9.72 Å². The van der Waals surface area contributed by atoms with E-state index in [-0.39, 0.29) is 17.6 Å². The van der Waals surface area contributed by atoms with Crippen molar-refractivity contribution in [1.82, 2.24) is 4.98 Å². The number of aromatic nitrogens is 1. The summed E-state index contributed by atoms with van der Waals surface area (Å²) in [5.41, 5.74) is 2.64. The van der Waals surface area contributed by atoms with Crippen molar-refractivity contribution in [1.29, 1.82) is 0 Å². The van der Waals surface area contributed by atoms with Crippen LogP contribution in [0.25, 0.3) is 0 Å². The molecule has 0 radical (unpaired) electrons. The molecule has 27 heavy (non-hydrogen) atoms. The Hall–Kier alpha value is -2.06. The van der Waals surface area contributed by atoms with E-state index in [0.29, 0.717) is 17.2 Å². The lowest BCUT2D eigenvalue weighted by atomic mass is 10.1. The third-order valence-electron chi connectivity index (χ3n) is 4.40. The van der Waals surface area contributed by atoms with Gasteiger partial charge in [-0.1, -0.05) is 0 Å². The average molecular weight is 397 g/mol. The summed E-state index contributed by atoms with van der Waals surface area (Å²) >= 11 is 0. The Morgan fingerprint density at radius 3 is 2.74 bits per heavy atom. The number of hydrogen-bond donors (Lipinski definition) is 0. The predicted octanol–water partition coefficient (Wildman–Crippen LogP) is 3.64. The van der Waals surface area contributed by atoms with Gasteiger partial charge in [0, 0.05) is 48.8 Å². The molecule has 146 valence electrons. The smallest absolute Gasteiger partial charge is 0.387 e. The lowest BCUT2D eigenvalue weighted by Gasteiger charge is -2.12. The summed E-state index contributed by atoms with van der Waals surface area (Å²) in [6, 6.07) is 5.80. The normalized spacial score (nSPS) is 16.9. The van der Waals surface area contributed by atoms with Gasteiger partial charge in [0.15, 0.2) is 0 Å².